The fraction of sp³-hybridized carbons (Fsp3) is 0.185. The van der Waals surface area contributed by atoms with E-state index < -0.39 is 11.5 Å². The standard InChI is InChI=1S/C27H25Cl2N3O3/c1-4-27(2,3)18-8-11-20(12-9-18)35-21-7-5-6-17(14-21)26(34)30-24-16-25(33)32(31-24)23-15-19(28)10-13-22(23)29/h5-16,31H,4H2,1-3H3,(H,30,34). The number of benzene rings is 3. The zero-order chi connectivity index (χ0) is 25.2. The molecule has 4 rings (SSSR count). The molecule has 1 amide bonds. The second kappa shape index (κ2) is 10.0. The fourth-order valence-corrected chi connectivity index (χ4v) is 3.87. The van der Waals surface area contributed by atoms with Crippen LogP contribution in [0.1, 0.15) is 43.1 Å². The van der Waals surface area contributed by atoms with Crippen molar-refractivity contribution in [3.8, 4) is 17.2 Å². The Morgan fingerprint density at radius 3 is 2.46 bits per heavy atom. The van der Waals surface area contributed by atoms with Crippen LogP contribution in [0.25, 0.3) is 5.69 Å². The summed E-state index contributed by atoms with van der Waals surface area (Å²) in [5, 5.41) is 6.31. The average Bonchev–Trinajstić information content (AvgIpc) is 3.20. The average molecular weight is 510 g/mol. The quantitative estimate of drug-likeness (QED) is 0.276. The minimum atomic E-state index is -0.402. The topological polar surface area (TPSA) is 76.1 Å². The summed E-state index contributed by atoms with van der Waals surface area (Å²) in [6.07, 6.45) is 1.03. The van der Waals surface area contributed by atoms with Crippen molar-refractivity contribution in [2.45, 2.75) is 32.6 Å². The van der Waals surface area contributed by atoms with Gasteiger partial charge >= 0.3 is 0 Å². The number of halogens is 2. The van der Waals surface area contributed by atoms with Gasteiger partial charge in [0.05, 0.1) is 10.7 Å². The van der Waals surface area contributed by atoms with Crippen molar-refractivity contribution in [3.63, 3.8) is 0 Å². The number of amides is 1. The van der Waals surface area contributed by atoms with Crippen LogP contribution in [-0.4, -0.2) is 15.7 Å². The van der Waals surface area contributed by atoms with E-state index in [0.29, 0.717) is 32.8 Å². The second-order valence-electron chi connectivity index (χ2n) is 8.79. The van der Waals surface area contributed by atoms with Crippen LogP contribution in [-0.2, 0) is 5.41 Å². The Morgan fingerprint density at radius 2 is 1.74 bits per heavy atom. The van der Waals surface area contributed by atoms with E-state index in [1.165, 1.54) is 16.3 Å². The fourth-order valence-electron chi connectivity index (χ4n) is 3.51. The maximum atomic E-state index is 12.8. The Labute approximate surface area is 213 Å². The lowest BCUT2D eigenvalue weighted by Gasteiger charge is -2.23. The zero-order valence-corrected chi connectivity index (χ0v) is 21.1. The Kier molecular flexibility index (Phi) is 7.05. The van der Waals surface area contributed by atoms with Crippen molar-refractivity contribution >= 4 is 34.9 Å². The van der Waals surface area contributed by atoms with Crippen LogP contribution in [0.5, 0.6) is 11.5 Å². The number of aromatic amines is 1. The van der Waals surface area contributed by atoms with E-state index >= 15 is 0 Å². The van der Waals surface area contributed by atoms with Crippen LogP contribution in [0.3, 0.4) is 0 Å². The molecular weight excluding hydrogens is 485 g/mol. The molecule has 35 heavy (non-hydrogen) atoms. The number of H-pyrrole nitrogens is 1. The van der Waals surface area contributed by atoms with Crippen LogP contribution in [0.15, 0.2) is 77.6 Å². The van der Waals surface area contributed by atoms with Crippen LogP contribution < -0.4 is 15.6 Å². The van der Waals surface area contributed by atoms with Gasteiger partial charge in [0.15, 0.2) is 0 Å². The van der Waals surface area contributed by atoms with Gasteiger partial charge in [-0.15, -0.1) is 0 Å². The molecule has 0 spiro atoms. The minimum absolute atomic E-state index is 0.0918. The van der Waals surface area contributed by atoms with Crippen LogP contribution >= 0.6 is 23.2 Å². The molecule has 0 atom stereocenters. The molecule has 0 aliphatic heterocycles. The Morgan fingerprint density at radius 1 is 1.00 bits per heavy atom. The van der Waals surface area contributed by atoms with E-state index in [0.717, 1.165) is 6.42 Å². The van der Waals surface area contributed by atoms with E-state index in [1.54, 1.807) is 42.5 Å². The molecule has 180 valence electrons. The second-order valence-corrected chi connectivity index (χ2v) is 9.63. The molecule has 0 bridgehead atoms. The number of aromatic nitrogens is 2. The van der Waals surface area contributed by atoms with Crippen LogP contribution in [0.2, 0.25) is 10.0 Å². The number of ether oxygens (including phenoxy) is 1. The van der Waals surface area contributed by atoms with Gasteiger partial charge < -0.3 is 10.1 Å². The predicted octanol–water partition coefficient (Wildman–Crippen LogP) is 7.20. The zero-order valence-electron chi connectivity index (χ0n) is 19.6. The highest BCUT2D eigenvalue weighted by Crippen LogP contribution is 2.30. The molecule has 6 nitrogen and oxygen atoms in total. The third-order valence-electron chi connectivity index (χ3n) is 5.97. The normalized spacial score (nSPS) is 11.3. The molecule has 0 radical (unpaired) electrons. The first kappa shape index (κ1) is 24.6. The summed E-state index contributed by atoms with van der Waals surface area (Å²) in [5.41, 5.74) is 1.69. The molecule has 4 aromatic rings. The first-order valence-electron chi connectivity index (χ1n) is 11.1. The predicted molar refractivity (Wildman–Crippen MR) is 141 cm³/mol. The molecule has 1 aromatic heterocycles. The molecule has 0 unspecified atom stereocenters. The molecule has 0 aliphatic rings. The lowest BCUT2D eigenvalue weighted by molar-refractivity contribution is 0.102. The van der Waals surface area contributed by atoms with Gasteiger partial charge in [0.2, 0.25) is 0 Å². The lowest BCUT2D eigenvalue weighted by Crippen LogP contribution is -2.15. The van der Waals surface area contributed by atoms with Gasteiger partial charge in [-0.1, -0.05) is 62.2 Å². The summed E-state index contributed by atoms with van der Waals surface area (Å²) in [6, 6.07) is 20.8. The molecule has 0 aliphatic carbocycles. The largest absolute Gasteiger partial charge is 0.457 e. The molecular formula is C27H25Cl2N3O3. The minimum Gasteiger partial charge on any atom is -0.457 e. The molecule has 2 N–H and O–H groups in total. The van der Waals surface area contributed by atoms with Crippen molar-refractivity contribution < 1.29 is 9.53 Å². The summed E-state index contributed by atoms with van der Waals surface area (Å²) in [6.45, 7) is 6.57. The van der Waals surface area contributed by atoms with Gasteiger partial charge in [-0.25, -0.2) is 4.68 Å². The van der Waals surface area contributed by atoms with Crippen molar-refractivity contribution in [1.82, 2.24) is 9.78 Å². The smallest absolute Gasteiger partial charge is 0.273 e. The number of rotatable bonds is 7. The van der Waals surface area contributed by atoms with Crippen molar-refractivity contribution in [3.05, 3.63) is 104 Å². The molecule has 0 fully saturated rings. The van der Waals surface area contributed by atoms with E-state index in [9.17, 15) is 9.59 Å². The number of nitrogens with one attached hydrogen (secondary N) is 2. The maximum absolute atomic E-state index is 12.8. The lowest BCUT2D eigenvalue weighted by atomic mass is 9.82. The summed E-state index contributed by atoms with van der Waals surface area (Å²) in [4.78, 5) is 25.3. The summed E-state index contributed by atoms with van der Waals surface area (Å²) >= 11 is 12.2. The highest BCUT2D eigenvalue weighted by Gasteiger charge is 2.18. The van der Waals surface area contributed by atoms with Crippen molar-refractivity contribution in [2.75, 3.05) is 5.32 Å². The number of hydrogen-bond donors (Lipinski definition) is 2. The molecule has 3 aromatic carbocycles. The molecule has 1 heterocycles. The van der Waals surface area contributed by atoms with Gasteiger partial charge in [0.1, 0.15) is 17.3 Å². The van der Waals surface area contributed by atoms with E-state index in [2.05, 4.69) is 43.3 Å². The monoisotopic (exact) mass is 509 g/mol. The number of carbonyl (C=O) groups is 1. The van der Waals surface area contributed by atoms with Gasteiger partial charge in [-0.3, -0.25) is 14.7 Å². The maximum Gasteiger partial charge on any atom is 0.273 e. The number of anilines is 1. The van der Waals surface area contributed by atoms with Crippen molar-refractivity contribution in [1.29, 1.82) is 0 Å². The third kappa shape index (κ3) is 5.61. The van der Waals surface area contributed by atoms with Crippen molar-refractivity contribution in [2.24, 2.45) is 0 Å². The van der Waals surface area contributed by atoms with Gasteiger partial charge in [-0.05, 0) is 65.9 Å². The number of carbonyl (C=O) groups excluding carboxylic acids is 1. The number of nitrogens with zero attached hydrogens (tertiary/aromatic N) is 1. The van der Waals surface area contributed by atoms with E-state index in [-0.39, 0.29) is 11.2 Å². The van der Waals surface area contributed by atoms with Crippen LogP contribution in [0, 0.1) is 0 Å². The summed E-state index contributed by atoms with van der Waals surface area (Å²) < 4.78 is 7.17. The first-order chi connectivity index (χ1) is 16.7. The Bertz CT molecular complexity index is 1420. The number of hydrogen-bond acceptors (Lipinski definition) is 3. The first-order valence-corrected chi connectivity index (χ1v) is 11.9. The Balaban J connectivity index is 1.49. The summed E-state index contributed by atoms with van der Waals surface area (Å²) in [5.74, 6) is 1.02. The molecule has 0 saturated heterocycles. The van der Waals surface area contributed by atoms with Gasteiger partial charge in [0.25, 0.3) is 11.5 Å². The summed E-state index contributed by atoms with van der Waals surface area (Å²) in [7, 11) is 0. The SMILES string of the molecule is CCC(C)(C)c1ccc(Oc2cccc(C(=O)Nc3cc(=O)n(-c4cc(Cl)ccc4Cl)[nH]3)c2)cc1. The van der Waals surface area contributed by atoms with Crippen LogP contribution in [0.4, 0.5) is 5.82 Å². The highest BCUT2D eigenvalue weighted by atomic mass is 35.5. The van der Waals surface area contributed by atoms with E-state index in [1.807, 2.05) is 12.1 Å². The Hall–Kier alpha value is -3.48. The van der Waals surface area contributed by atoms with Gasteiger partial charge in [-0.2, -0.15) is 0 Å². The highest BCUT2D eigenvalue weighted by molar-refractivity contribution is 6.34. The molecule has 0 saturated carbocycles. The van der Waals surface area contributed by atoms with Gasteiger partial charge in [0, 0.05) is 16.7 Å². The third-order valence-corrected chi connectivity index (χ3v) is 6.52. The molecule has 8 heteroatoms. The van der Waals surface area contributed by atoms with E-state index in [4.69, 9.17) is 27.9 Å².